The SMILES string of the molecule is CCc1[nH]c(Cc2cccs2)nc(=S)c1Br. The minimum Gasteiger partial charge on any atom is -0.346 e. The fraction of sp³-hybridized carbons (Fsp3) is 0.273. The maximum atomic E-state index is 5.22. The summed E-state index contributed by atoms with van der Waals surface area (Å²) in [5.74, 6) is 0.938. The molecule has 0 aliphatic heterocycles. The minimum atomic E-state index is 0.641. The zero-order valence-corrected chi connectivity index (χ0v) is 12.0. The third-order valence-corrected chi connectivity index (χ3v) is 4.55. The molecule has 5 heteroatoms. The van der Waals surface area contributed by atoms with Crippen molar-refractivity contribution in [3.63, 3.8) is 0 Å². The van der Waals surface area contributed by atoms with Crippen LogP contribution >= 0.6 is 39.5 Å². The van der Waals surface area contributed by atoms with Gasteiger partial charge < -0.3 is 4.98 Å². The van der Waals surface area contributed by atoms with Crippen molar-refractivity contribution in [2.75, 3.05) is 0 Å². The topological polar surface area (TPSA) is 28.7 Å². The number of aryl methyl sites for hydroxylation is 1. The lowest BCUT2D eigenvalue weighted by Gasteiger charge is -2.05. The van der Waals surface area contributed by atoms with Gasteiger partial charge in [0.2, 0.25) is 0 Å². The molecule has 0 saturated heterocycles. The van der Waals surface area contributed by atoms with Crippen molar-refractivity contribution in [3.8, 4) is 0 Å². The van der Waals surface area contributed by atoms with Crippen molar-refractivity contribution in [2.45, 2.75) is 19.8 Å². The van der Waals surface area contributed by atoms with E-state index < -0.39 is 0 Å². The number of aromatic amines is 1. The quantitative estimate of drug-likeness (QED) is 0.863. The van der Waals surface area contributed by atoms with E-state index >= 15 is 0 Å². The van der Waals surface area contributed by atoms with Crippen LogP contribution in [-0.4, -0.2) is 9.97 Å². The monoisotopic (exact) mass is 314 g/mol. The van der Waals surface area contributed by atoms with Gasteiger partial charge in [0.25, 0.3) is 0 Å². The van der Waals surface area contributed by atoms with E-state index in [1.54, 1.807) is 11.3 Å². The van der Waals surface area contributed by atoms with Crippen LogP contribution in [0.4, 0.5) is 0 Å². The van der Waals surface area contributed by atoms with E-state index in [1.165, 1.54) is 4.88 Å². The number of rotatable bonds is 3. The van der Waals surface area contributed by atoms with Crippen LogP contribution in [0, 0.1) is 4.64 Å². The van der Waals surface area contributed by atoms with Gasteiger partial charge in [-0.3, -0.25) is 0 Å². The van der Waals surface area contributed by atoms with Gasteiger partial charge in [0.05, 0.1) is 4.47 Å². The highest BCUT2D eigenvalue weighted by atomic mass is 79.9. The maximum absolute atomic E-state index is 5.22. The predicted molar refractivity (Wildman–Crippen MR) is 73.6 cm³/mol. The van der Waals surface area contributed by atoms with Crippen LogP contribution in [0.1, 0.15) is 23.3 Å². The highest BCUT2D eigenvalue weighted by Gasteiger charge is 2.05. The van der Waals surface area contributed by atoms with E-state index in [-0.39, 0.29) is 0 Å². The molecule has 2 rings (SSSR count). The Hall–Kier alpha value is -0.520. The van der Waals surface area contributed by atoms with Gasteiger partial charge in [0.15, 0.2) is 0 Å². The van der Waals surface area contributed by atoms with Gasteiger partial charge in [-0.2, -0.15) is 0 Å². The molecule has 0 amide bonds. The number of hydrogen-bond acceptors (Lipinski definition) is 3. The molecule has 0 bridgehead atoms. The lowest BCUT2D eigenvalue weighted by Crippen LogP contribution is -2.01. The number of H-pyrrole nitrogens is 1. The number of nitrogens with zero attached hydrogens (tertiary/aromatic N) is 1. The second kappa shape index (κ2) is 5.21. The van der Waals surface area contributed by atoms with Gasteiger partial charge >= 0.3 is 0 Å². The lowest BCUT2D eigenvalue weighted by atomic mass is 10.3. The molecule has 0 atom stereocenters. The first-order valence-corrected chi connectivity index (χ1v) is 7.08. The van der Waals surface area contributed by atoms with Crippen LogP contribution in [0.3, 0.4) is 0 Å². The van der Waals surface area contributed by atoms with Crippen LogP contribution in [0.5, 0.6) is 0 Å². The summed E-state index contributed by atoms with van der Waals surface area (Å²) in [6.45, 7) is 2.10. The summed E-state index contributed by atoms with van der Waals surface area (Å²) in [5, 5.41) is 2.07. The standard InChI is InChI=1S/C11H11BrN2S2/c1-2-8-10(12)11(15)14-9(13-8)6-7-4-3-5-16-7/h3-5H,2,6H2,1H3,(H,13,14,15). The van der Waals surface area contributed by atoms with Gasteiger partial charge in [-0.05, 0) is 33.8 Å². The zero-order chi connectivity index (χ0) is 11.5. The molecule has 16 heavy (non-hydrogen) atoms. The number of thiophene rings is 1. The molecule has 0 fully saturated rings. The summed E-state index contributed by atoms with van der Waals surface area (Å²) in [4.78, 5) is 8.99. The van der Waals surface area contributed by atoms with Gasteiger partial charge in [0.1, 0.15) is 10.5 Å². The predicted octanol–water partition coefficient (Wildman–Crippen LogP) is 4.12. The Morgan fingerprint density at radius 3 is 3.00 bits per heavy atom. The first-order chi connectivity index (χ1) is 7.70. The van der Waals surface area contributed by atoms with E-state index in [0.29, 0.717) is 4.64 Å². The van der Waals surface area contributed by atoms with Crippen molar-refractivity contribution < 1.29 is 0 Å². The molecule has 0 aromatic carbocycles. The zero-order valence-electron chi connectivity index (χ0n) is 8.79. The third-order valence-electron chi connectivity index (χ3n) is 2.26. The summed E-state index contributed by atoms with van der Waals surface area (Å²) in [5.41, 5.74) is 1.12. The molecule has 1 N–H and O–H groups in total. The number of hydrogen-bond donors (Lipinski definition) is 1. The molecular weight excluding hydrogens is 304 g/mol. The highest BCUT2D eigenvalue weighted by molar-refractivity contribution is 9.10. The van der Waals surface area contributed by atoms with Crippen molar-refractivity contribution >= 4 is 39.5 Å². The molecule has 0 spiro atoms. The Morgan fingerprint density at radius 1 is 1.56 bits per heavy atom. The Morgan fingerprint density at radius 2 is 2.38 bits per heavy atom. The molecule has 0 radical (unpaired) electrons. The molecule has 2 aromatic heterocycles. The normalized spacial score (nSPS) is 10.6. The molecule has 2 nitrogen and oxygen atoms in total. The van der Waals surface area contributed by atoms with Gasteiger partial charge in [-0.25, -0.2) is 4.98 Å². The summed E-state index contributed by atoms with van der Waals surface area (Å²) in [6, 6.07) is 4.16. The fourth-order valence-electron chi connectivity index (χ4n) is 1.46. The number of nitrogens with one attached hydrogen (secondary N) is 1. The second-order valence-corrected chi connectivity index (χ2v) is 5.60. The summed E-state index contributed by atoms with van der Waals surface area (Å²) < 4.78 is 1.56. The van der Waals surface area contributed by atoms with Crippen LogP contribution in [0.25, 0.3) is 0 Å². The van der Waals surface area contributed by atoms with Crippen LogP contribution in [-0.2, 0) is 12.8 Å². The first kappa shape index (κ1) is 12.0. The molecule has 0 aliphatic rings. The molecule has 84 valence electrons. The van der Waals surface area contributed by atoms with Crippen LogP contribution in [0.15, 0.2) is 22.0 Å². The van der Waals surface area contributed by atoms with Gasteiger partial charge in [-0.15, -0.1) is 11.3 Å². The van der Waals surface area contributed by atoms with Gasteiger partial charge in [-0.1, -0.05) is 25.2 Å². The summed E-state index contributed by atoms with van der Waals surface area (Å²) >= 11 is 10.4. The Bertz CT molecular complexity index is 531. The highest BCUT2D eigenvalue weighted by Crippen LogP contribution is 2.18. The first-order valence-electron chi connectivity index (χ1n) is 5.00. The average Bonchev–Trinajstić information content (AvgIpc) is 2.76. The fourth-order valence-corrected chi connectivity index (χ4v) is 2.87. The average molecular weight is 315 g/mol. The van der Waals surface area contributed by atoms with E-state index in [2.05, 4.69) is 44.3 Å². The second-order valence-electron chi connectivity index (χ2n) is 3.39. The van der Waals surface area contributed by atoms with Crippen molar-refractivity contribution in [1.29, 1.82) is 0 Å². The molecule has 0 aliphatic carbocycles. The van der Waals surface area contributed by atoms with Crippen molar-refractivity contribution in [1.82, 2.24) is 9.97 Å². The molecule has 2 aromatic rings. The van der Waals surface area contributed by atoms with E-state index in [0.717, 1.165) is 28.8 Å². The molecule has 0 saturated carbocycles. The maximum Gasteiger partial charge on any atom is 0.144 e. The van der Waals surface area contributed by atoms with Crippen molar-refractivity contribution in [3.05, 3.63) is 43.0 Å². The van der Waals surface area contributed by atoms with Crippen LogP contribution < -0.4 is 0 Å². The number of aromatic nitrogens is 2. The Kier molecular flexibility index (Phi) is 3.89. The lowest BCUT2D eigenvalue weighted by molar-refractivity contribution is 0.895. The van der Waals surface area contributed by atoms with Gasteiger partial charge in [0, 0.05) is 17.0 Å². The smallest absolute Gasteiger partial charge is 0.144 e. The van der Waals surface area contributed by atoms with Crippen molar-refractivity contribution in [2.24, 2.45) is 0 Å². The molecule has 0 unspecified atom stereocenters. The third kappa shape index (κ3) is 2.59. The number of halogens is 1. The summed E-state index contributed by atoms with van der Waals surface area (Å²) in [7, 11) is 0. The van der Waals surface area contributed by atoms with Crippen LogP contribution in [0.2, 0.25) is 0 Å². The van der Waals surface area contributed by atoms with E-state index in [9.17, 15) is 0 Å². The Labute approximate surface area is 112 Å². The largest absolute Gasteiger partial charge is 0.346 e. The molecular formula is C11H11BrN2S2. The van der Waals surface area contributed by atoms with E-state index in [1.807, 2.05) is 6.07 Å². The molecule has 2 heterocycles. The van der Waals surface area contributed by atoms with E-state index in [4.69, 9.17) is 12.2 Å². The Balaban J connectivity index is 2.35. The minimum absolute atomic E-state index is 0.641. The summed E-state index contributed by atoms with van der Waals surface area (Å²) in [6.07, 6.45) is 1.74.